The van der Waals surface area contributed by atoms with Crippen LogP contribution in [-0.2, 0) is 4.74 Å². The number of esters is 1. The fraction of sp³-hybridized carbons (Fsp3) is 0.176. The van der Waals surface area contributed by atoms with Crippen LogP contribution in [0.4, 0.5) is 0 Å². The Labute approximate surface area is 123 Å². The van der Waals surface area contributed by atoms with E-state index in [9.17, 15) is 9.90 Å². The highest BCUT2D eigenvalue weighted by molar-refractivity contribution is 5.90. The standard InChI is InChI=1S/C17H17NO3/c1-11-6-15(19)7-12(2)16(11)5-4-13-8-14(10-18-9-13)17(20)21-3/h4-10,19H,1-3H3. The Kier molecular flexibility index (Phi) is 4.38. The zero-order chi connectivity index (χ0) is 15.4. The Morgan fingerprint density at radius 1 is 1.14 bits per heavy atom. The van der Waals surface area contributed by atoms with Crippen LogP contribution in [0.25, 0.3) is 12.2 Å². The molecule has 2 rings (SSSR count). The van der Waals surface area contributed by atoms with Crippen LogP contribution in [0.2, 0.25) is 0 Å². The van der Waals surface area contributed by atoms with Gasteiger partial charge in [-0.05, 0) is 54.3 Å². The summed E-state index contributed by atoms with van der Waals surface area (Å²) in [4.78, 5) is 15.5. The maximum absolute atomic E-state index is 11.5. The molecule has 4 nitrogen and oxygen atoms in total. The number of phenols is 1. The number of benzene rings is 1. The molecular formula is C17H17NO3. The van der Waals surface area contributed by atoms with Gasteiger partial charge < -0.3 is 9.84 Å². The van der Waals surface area contributed by atoms with Crippen LogP contribution in [0.1, 0.15) is 32.6 Å². The highest BCUT2D eigenvalue weighted by Gasteiger charge is 2.06. The molecule has 0 spiro atoms. The maximum atomic E-state index is 11.5. The van der Waals surface area contributed by atoms with E-state index in [0.717, 1.165) is 22.3 Å². The number of ether oxygens (including phenoxy) is 1. The van der Waals surface area contributed by atoms with Crippen LogP contribution >= 0.6 is 0 Å². The zero-order valence-electron chi connectivity index (χ0n) is 12.3. The number of aryl methyl sites for hydroxylation is 2. The molecule has 0 aliphatic rings. The van der Waals surface area contributed by atoms with E-state index in [1.54, 1.807) is 24.4 Å². The normalized spacial score (nSPS) is 10.8. The van der Waals surface area contributed by atoms with Gasteiger partial charge in [0, 0.05) is 12.4 Å². The van der Waals surface area contributed by atoms with Crippen molar-refractivity contribution in [1.29, 1.82) is 0 Å². The summed E-state index contributed by atoms with van der Waals surface area (Å²) in [5, 5.41) is 9.54. The fourth-order valence-corrected chi connectivity index (χ4v) is 2.17. The summed E-state index contributed by atoms with van der Waals surface area (Å²) in [5.41, 5.74) is 4.24. The number of methoxy groups -OCH3 is 1. The van der Waals surface area contributed by atoms with E-state index in [2.05, 4.69) is 9.72 Å². The number of carbonyl (C=O) groups excluding carboxylic acids is 1. The highest BCUT2D eigenvalue weighted by atomic mass is 16.5. The molecule has 0 aliphatic carbocycles. The summed E-state index contributed by atoms with van der Waals surface area (Å²) < 4.78 is 4.67. The van der Waals surface area contributed by atoms with E-state index in [1.165, 1.54) is 13.3 Å². The molecule has 1 heterocycles. The third kappa shape index (κ3) is 3.48. The van der Waals surface area contributed by atoms with Gasteiger partial charge >= 0.3 is 5.97 Å². The van der Waals surface area contributed by atoms with Crippen LogP contribution in [0, 0.1) is 13.8 Å². The Morgan fingerprint density at radius 2 is 1.81 bits per heavy atom. The quantitative estimate of drug-likeness (QED) is 0.877. The molecule has 2 aromatic rings. The molecule has 0 saturated carbocycles. The second-order valence-corrected chi connectivity index (χ2v) is 4.83. The van der Waals surface area contributed by atoms with E-state index in [1.807, 2.05) is 26.0 Å². The van der Waals surface area contributed by atoms with Gasteiger partial charge in [0.15, 0.2) is 0 Å². The van der Waals surface area contributed by atoms with E-state index >= 15 is 0 Å². The molecule has 0 amide bonds. The first-order valence-electron chi connectivity index (χ1n) is 6.53. The summed E-state index contributed by atoms with van der Waals surface area (Å²) in [6.45, 7) is 3.88. The van der Waals surface area contributed by atoms with Gasteiger partial charge in [-0.3, -0.25) is 4.98 Å². The first-order valence-corrected chi connectivity index (χ1v) is 6.53. The van der Waals surface area contributed by atoms with Crippen LogP contribution in [0.15, 0.2) is 30.6 Å². The topological polar surface area (TPSA) is 59.4 Å². The van der Waals surface area contributed by atoms with Gasteiger partial charge in [-0.25, -0.2) is 4.79 Å². The van der Waals surface area contributed by atoms with E-state index < -0.39 is 5.97 Å². The summed E-state index contributed by atoms with van der Waals surface area (Å²) in [6.07, 6.45) is 6.97. The molecule has 0 atom stereocenters. The number of hydrogen-bond donors (Lipinski definition) is 1. The molecule has 21 heavy (non-hydrogen) atoms. The molecule has 0 fully saturated rings. The van der Waals surface area contributed by atoms with Crippen molar-refractivity contribution in [3.63, 3.8) is 0 Å². The van der Waals surface area contributed by atoms with Gasteiger partial charge in [0.1, 0.15) is 5.75 Å². The van der Waals surface area contributed by atoms with Crippen molar-refractivity contribution in [2.24, 2.45) is 0 Å². The Bertz CT molecular complexity index is 682. The van der Waals surface area contributed by atoms with Crippen LogP contribution in [0.3, 0.4) is 0 Å². The number of pyridine rings is 1. The number of carbonyl (C=O) groups is 1. The SMILES string of the molecule is COC(=O)c1cncc(C=Cc2c(C)cc(O)cc2C)c1. The second kappa shape index (κ2) is 6.22. The lowest BCUT2D eigenvalue weighted by molar-refractivity contribution is 0.0600. The lowest BCUT2D eigenvalue weighted by Gasteiger charge is -2.06. The summed E-state index contributed by atoms with van der Waals surface area (Å²) in [6, 6.07) is 5.16. The third-order valence-corrected chi connectivity index (χ3v) is 3.20. The molecule has 1 aromatic carbocycles. The molecule has 0 radical (unpaired) electrons. The van der Waals surface area contributed by atoms with Crippen molar-refractivity contribution >= 4 is 18.1 Å². The van der Waals surface area contributed by atoms with Gasteiger partial charge in [0.25, 0.3) is 0 Å². The number of phenolic OH excluding ortho intramolecular Hbond substituents is 1. The summed E-state index contributed by atoms with van der Waals surface area (Å²) >= 11 is 0. The number of aromatic hydroxyl groups is 1. The minimum absolute atomic E-state index is 0.261. The molecule has 1 N–H and O–H groups in total. The van der Waals surface area contributed by atoms with Crippen molar-refractivity contribution < 1.29 is 14.6 Å². The Morgan fingerprint density at radius 3 is 2.43 bits per heavy atom. The number of aromatic nitrogens is 1. The molecular weight excluding hydrogens is 266 g/mol. The number of hydrogen-bond acceptors (Lipinski definition) is 4. The minimum Gasteiger partial charge on any atom is -0.508 e. The van der Waals surface area contributed by atoms with Crippen LogP contribution in [0.5, 0.6) is 5.75 Å². The lowest BCUT2D eigenvalue weighted by atomic mass is 10.0. The predicted molar refractivity (Wildman–Crippen MR) is 82.1 cm³/mol. The molecule has 0 aliphatic heterocycles. The first kappa shape index (κ1) is 14.8. The third-order valence-electron chi connectivity index (χ3n) is 3.20. The van der Waals surface area contributed by atoms with Crippen molar-refractivity contribution in [3.8, 4) is 5.75 Å². The van der Waals surface area contributed by atoms with E-state index in [0.29, 0.717) is 5.56 Å². The number of rotatable bonds is 3. The van der Waals surface area contributed by atoms with Crippen molar-refractivity contribution in [2.45, 2.75) is 13.8 Å². The largest absolute Gasteiger partial charge is 0.508 e. The van der Waals surface area contributed by atoms with E-state index in [-0.39, 0.29) is 5.75 Å². The molecule has 0 bridgehead atoms. The number of nitrogens with zero attached hydrogens (tertiary/aromatic N) is 1. The first-order chi connectivity index (χ1) is 10.0. The smallest absolute Gasteiger partial charge is 0.339 e. The molecule has 0 unspecified atom stereocenters. The minimum atomic E-state index is -0.408. The summed E-state index contributed by atoms with van der Waals surface area (Å²) in [5.74, 6) is -0.147. The summed E-state index contributed by atoms with van der Waals surface area (Å²) in [7, 11) is 1.34. The zero-order valence-corrected chi connectivity index (χ0v) is 12.3. The van der Waals surface area contributed by atoms with Crippen LogP contribution in [-0.4, -0.2) is 23.2 Å². The van der Waals surface area contributed by atoms with Gasteiger partial charge in [0.2, 0.25) is 0 Å². The predicted octanol–water partition coefficient (Wildman–Crippen LogP) is 3.36. The lowest BCUT2D eigenvalue weighted by Crippen LogP contribution is -2.01. The Balaban J connectivity index is 2.32. The average molecular weight is 283 g/mol. The molecule has 0 saturated heterocycles. The molecule has 1 aromatic heterocycles. The average Bonchev–Trinajstić information content (AvgIpc) is 2.45. The monoisotopic (exact) mass is 283 g/mol. The van der Waals surface area contributed by atoms with Crippen LogP contribution < -0.4 is 0 Å². The highest BCUT2D eigenvalue weighted by Crippen LogP contribution is 2.22. The van der Waals surface area contributed by atoms with Gasteiger partial charge in [0.05, 0.1) is 12.7 Å². The van der Waals surface area contributed by atoms with E-state index in [4.69, 9.17) is 0 Å². The van der Waals surface area contributed by atoms with Gasteiger partial charge in [-0.1, -0.05) is 12.2 Å². The van der Waals surface area contributed by atoms with Gasteiger partial charge in [-0.15, -0.1) is 0 Å². The van der Waals surface area contributed by atoms with Crippen molar-refractivity contribution in [3.05, 3.63) is 58.4 Å². The fourth-order valence-electron chi connectivity index (χ4n) is 2.17. The maximum Gasteiger partial charge on any atom is 0.339 e. The Hall–Kier alpha value is -2.62. The molecule has 4 heteroatoms. The van der Waals surface area contributed by atoms with Crippen molar-refractivity contribution in [1.82, 2.24) is 4.98 Å². The van der Waals surface area contributed by atoms with Gasteiger partial charge in [-0.2, -0.15) is 0 Å². The molecule has 108 valence electrons. The second-order valence-electron chi connectivity index (χ2n) is 4.83. The van der Waals surface area contributed by atoms with Crippen molar-refractivity contribution in [2.75, 3.05) is 7.11 Å².